The molecule has 2 aliphatic carbocycles. The summed E-state index contributed by atoms with van der Waals surface area (Å²) in [5, 5.41) is 1.02. The van der Waals surface area contributed by atoms with E-state index in [1.165, 1.54) is 63.1 Å². The number of rotatable bonds is 4. The molecule has 3 aromatic rings. The van der Waals surface area contributed by atoms with Gasteiger partial charge in [-0.2, -0.15) is 0 Å². The topological polar surface area (TPSA) is 42.6 Å². The second-order valence-corrected chi connectivity index (χ2v) is 13.3. The van der Waals surface area contributed by atoms with Crippen molar-refractivity contribution in [2.24, 2.45) is 0 Å². The highest BCUT2D eigenvalue weighted by molar-refractivity contribution is 9.10. The number of halogens is 1. The summed E-state index contributed by atoms with van der Waals surface area (Å²) in [5.74, 6) is 0.160. The highest BCUT2D eigenvalue weighted by atomic mass is 79.9. The Morgan fingerprint density at radius 1 is 0.921 bits per heavy atom. The van der Waals surface area contributed by atoms with Crippen molar-refractivity contribution in [1.29, 1.82) is 0 Å². The zero-order valence-corrected chi connectivity index (χ0v) is 24.5. The first-order valence-corrected chi connectivity index (χ1v) is 15.4. The van der Waals surface area contributed by atoms with E-state index >= 15 is 0 Å². The van der Waals surface area contributed by atoms with Crippen LogP contribution in [0.25, 0.3) is 10.9 Å². The zero-order valence-electron chi connectivity index (χ0n) is 22.9. The van der Waals surface area contributed by atoms with Crippen LogP contribution in [-0.2, 0) is 11.8 Å². The number of aromatic amines is 1. The first-order valence-electron chi connectivity index (χ1n) is 14.6. The fourth-order valence-corrected chi connectivity index (χ4v) is 7.80. The minimum absolute atomic E-state index is 0.160. The number of aromatic nitrogens is 1. The molecule has 1 saturated carbocycles. The van der Waals surface area contributed by atoms with Crippen molar-refractivity contribution in [3.63, 3.8) is 0 Å². The Labute approximate surface area is 234 Å². The van der Waals surface area contributed by atoms with Gasteiger partial charge in [0.05, 0.1) is 5.56 Å². The van der Waals surface area contributed by atoms with Crippen LogP contribution in [0.15, 0.2) is 34.8 Å². The van der Waals surface area contributed by atoms with Gasteiger partial charge in [0.1, 0.15) is 0 Å². The van der Waals surface area contributed by atoms with Gasteiger partial charge in [-0.25, -0.2) is 0 Å². The quantitative estimate of drug-likeness (QED) is 0.408. The third kappa shape index (κ3) is 3.98. The smallest absolute Gasteiger partial charge is 0.195 e. The molecule has 0 atom stereocenters. The molecule has 0 radical (unpaired) electrons. The molecule has 0 amide bonds. The third-order valence-corrected chi connectivity index (χ3v) is 10.4. The standard InChI is InChI=1S/C32H39BrN4O/c1-4-20-17-25-26(32(2,3)31-29(30(25)38)24-8-5-21(33)18-27(24)34-31)19-28(20)37-11-9-23(10-12-37)36-15-13-35(14-16-36)22-6-7-22/h5,8,17-19,22-23,34H,4,6-7,9-16H2,1-3H3. The zero-order chi connectivity index (χ0) is 26.2. The largest absolute Gasteiger partial charge is 0.371 e. The van der Waals surface area contributed by atoms with Gasteiger partial charge in [-0.05, 0) is 67.5 Å². The third-order valence-electron chi connectivity index (χ3n) is 9.86. The molecule has 38 heavy (non-hydrogen) atoms. The SMILES string of the molecule is CCc1cc2c(cc1N1CCC(N3CCN(C4CC4)CC3)CC1)C(C)(C)c1[nH]c3cc(Br)ccc3c1C2=O. The number of nitrogens with one attached hydrogen (secondary N) is 1. The Balaban J connectivity index is 1.16. The number of fused-ring (bicyclic) bond motifs is 4. The van der Waals surface area contributed by atoms with Gasteiger partial charge in [0.25, 0.3) is 0 Å². The van der Waals surface area contributed by atoms with Gasteiger partial charge in [0.2, 0.25) is 0 Å². The van der Waals surface area contributed by atoms with E-state index in [9.17, 15) is 4.79 Å². The Kier molecular flexibility index (Phi) is 6.02. The summed E-state index contributed by atoms with van der Waals surface area (Å²) < 4.78 is 1.02. The summed E-state index contributed by atoms with van der Waals surface area (Å²) in [7, 11) is 0. The molecular weight excluding hydrogens is 536 g/mol. The van der Waals surface area contributed by atoms with Gasteiger partial charge in [-0.15, -0.1) is 0 Å². The number of carbonyl (C=O) groups is 1. The Morgan fingerprint density at radius 2 is 1.58 bits per heavy atom. The molecule has 2 aliphatic heterocycles. The van der Waals surface area contributed by atoms with Crippen LogP contribution in [0.4, 0.5) is 5.69 Å². The van der Waals surface area contributed by atoms with E-state index in [1.54, 1.807) is 0 Å². The van der Waals surface area contributed by atoms with Crippen LogP contribution in [-0.4, -0.2) is 71.9 Å². The van der Waals surface area contributed by atoms with Crippen molar-refractivity contribution in [1.82, 2.24) is 14.8 Å². The van der Waals surface area contributed by atoms with Crippen LogP contribution >= 0.6 is 15.9 Å². The van der Waals surface area contributed by atoms with Crippen molar-refractivity contribution < 1.29 is 4.79 Å². The molecule has 0 unspecified atom stereocenters. The summed E-state index contributed by atoms with van der Waals surface area (Å²) in [6, 6.07) is 12.4. The first kappa shape index (κ1) is 24.9. The normalized spacial score (nSPS) is 22.6. The molecule has 1 N–H and O–H groups in total. The number of nitrogens with zero attached hydrogens (tertiary/aromatic N) is 3. The monoisotopic (exact) mass is 574 g/mol. The number of hydrogen-bond donors (Lipinski definition) is 1. The van der Waals surface area contributed by atoms with Crippen molar-refractivity contribution in [3.05, 3.63) is 62.8 Å². The van der Waals surface area contributed by atoms with Crippen LogP contribution in [0.3, 0.4) is 0 Å². The van der Waals surface area contributed by atoms with E-state index < -0.39 is 0 Å². The lowest BCUT2D eigenvalue weighted by Crippen LogP contribution is -2.53. The lowest BCUT2D eigenvalue weighted by molar-refractivity contribution is 0.0809. The molecule has 2 aromatic carbocycles. The van der Waals surface area contributed by atoms with E-state index in [0.29, 0.717) is 6.04 Å². The number of benzene rings is 2. The van der Waals surface area contributed by atoms with Gasteiger partial charge in [0, 0.05) is 89.1 Å². The maximum absolute atomic E-state index is 13.9. The molecule has 0 bridgehead atoms. The average Bonchev–Trinajstić information content (AvgIpc) is 3.71. The summed E-state index contributed by atoms with van der Waals surface area (Å²) in [4.78, 5) is 25.7. The molecule has 7 rings (SSSR count). The van der Waals surface area contributed by atoms with Gasteiger partial charge < -0.3 is 9.88 Å². The number of H-pyrrole nitrogens is 1. The number of hydrogen-bond acceptors (Lipinski definition) is 4. The minimum atomic E-state index is -0.273. The highest BCUT2D eigenvalue weighted by Crippen LogP contribution is 2.46. The maximum atomic E-state index is 13.9. The summed E-state index contributed by atoms with van der Waals surface area (Å²) in [5.41, 5.74) is 7.33. The molecule has 200 valence electrons. The van der Waals surface area contributed by atoms with Crippen LogP contribution in [0.5, 0.6) is 0 Å². The van der Waals surface area contributed by atoms with Crippen molar-refractivity contribution >= 4 is 38.3 Å². The molecule has 1 aromatic heterocycles. The van der Waals surface area contributed by atoms with Crippen molar-refractivity contribution in [2.75, 3.05) is 44.2 Å². The van der Waals surface area contributed by atoms with Gasteiger partial charge in [-0.3, -0.25) is 14.6 Å². The maximum Gasteiger partial charge on any atom is 0.195 e. The second kappa shape index (κ2) is 9.21. The number of piperazine rings is 1. The first-order chi connectivity index (χ1) is 18.3. The predicted molar refractivity (Wildman–Crippen MR) is 159 cm³/mol. The summed E-state index contributed by atoms with van der Waals surface area (Å²) >= 11 is 3.59. The molecule has 2 saturated heterocycles. The minimum Gasteiger partial charge on any atom is -0.371 e. The predicted octanol–water partition coefficient (Wildman–Crippen LogP) is 6.11. The van der Waals surface area contributed by atoms with Gasteiger partial charge in [0.15, 0.2) is 5.78 Å². The van der Waals surface area contributed by atoms with E-state index in [2.05, 4.69) is 80.7 Å². The van der Waals surface area contributed by atoms with Crippen molar-refractivity contribution in [3.8, 4) is 0 Å². The van der Waals surface area contributed by atoms with Gasteiger partial charge in [-0.1, -0.05) is 42.8 Å². The Bertz CT molecular complexity index is 1400. The molecule has 5 nitrogen and oxygen atoms in total. The summed E-state index contributed by atoms with van der Waals surface area (Å²) in [6.45, 7) is 13.9. The van der Waals surface area contributed by atoms with Crippen LogP contribution in [0, 0.1) is 0 Å². The van der Waals surface area contributed by atoms with Crippen LogP contribution in [0.1, 0.15) is 79.2 Å². The number of ketones is 1. The fourth-order valence-electron chi connectivity index (χ4n) is 7.44. The molecule has 3 fully saturated rings. The lowest BCUT2D eigenvalue weighted by atomic mass is 9.70. The number of piperidine rings is 1. The summed E-state index contributed by atoms with van der Waals surface area (Å²) in [6.07, 6.45) is 6.23. The molecule has 6 heteroatoms. The number of anilines is 1. The molecule has 0 spiro atoms. The molecule has 4 aliphatic rings. The Morgan fingerprint density at radius 3 is 2.21 bits per heavy atom. The second-order valence-electron chi connectivity index (χ2n) is 12.4. The van der Waals surface area contributed by atoms with E-state index in [4.69, 9.17) is 0 Å². The van der Waals surface area contributed by atoms with Gasteiger partial charge >= 0.3 is 0 Å². The van der Waals surface area contributed by atoms with Crippen molar-refractivity contribution in [2.45, 2.75) is 70.4 Å². The fraction of sp³-hybridized carbons (Fsp3) is 0.531. The molecule has 3 heterocycles. The van der Waals surface area contributed by atoms with Crippen LogP contribution < -0.4 is 4.90 Å². The highest BCUT2D eigenvalue weighted by Gasteiger charge is 2.41. The van der Waals surface area contributed by atoms with Crippen LogP contribution in [0.2, 0.25) is 0 Å². The molecular formula is C32H39BrN4O. The lowest BCUT2D eigenvalue weighted by Gasteiger charge is -2.44. The number of aryl methyl sites for hydroxylation is 1. The van der Waals surface area contributed by atoms with E-state index in [1.807, 2.05) is 6.07 Å². The average molecular weight is 576 g/mol. The van der Waals surface area contributed by atoms with E-state index in [0.717, 1.165) is 63.3 Å². The van der Waals surface area contributed by atoms with E-state index in [-0.39, 0.29) is 11.2 Å². The Hall–Kier alpha value is -2.15. The number of carbonyl (C=O) groups excluding carboxylic acids is 1.